The average Bonchev–Trinajstić information content (AvgIpc) is 2.18. The summed E-state index contributed by atoms with van der Waals surface area (Å²) in [5, 5.41) is 16.7. The molecule has 0 saturated carbocycles. The van der Waals surface area contributed by atoms with Crippen LogP contribution < -0.4 is 14.2 Å². The van der Waals surface area contributed by atoms with Crippen LogP contribution in [-0.2, 0) is 0 Å². The molecule has 2 N–H and O–H groups in total. The first kappa shape index (κ1) is 11.6. The molecule has 1 aromatic rings. The molecule has 16 heavy (non-hydrogen) atoms. The third kappa shape index (κ3) is 3.01. The molecule has 0 unspecified atom stereocenters. The minimum Gasteiger partial charge on any atom is -0.493 e. The van der Waals surface area contributed by atoms with Gasteiger partial charge in [0.1, 0.15) is 0 Å². The Morgan fingerprint density at radius 3 is 2.31 bits per heavy atom. The predicted octanol–water partition coefficient (Wildman–Crippen LogP) is 1.20. The Morgan fingerprint density at radius 1 is 1.19 bits per heavy atom. The highest BCUT2D eigenvalue weighted by molar-refractivity contribution is 5.64. The highest BCUT2D eigenvalue weighted by Crippen LogP contribution is 2.29. The summed E-state index contributed by atoms with van der Waals surface area (Å²) in [4.78, 5) is 24.0. The molecule has 8 heteroatoms. The van der Waals surface area contributed by atoms with Gasteiger partial charge in [0, 0.05) is 6.07 Å². The number of hydrogen-bond acceptors (Lipinski definition) is 6. The summed E-state index contributed by atoms with van der Waals surface area (Å²) in [7, 11) is 1.26. The molecule has 0 fully saturated rings. The minimum atomic E-state index is -1.54. The van der Waals surface area contributed by atoms with Crippen molar-refractivity contribution in [3.63, 3.8) is 0 Å². The second kappa shape index (κ2) is 4.82. The summed E-state index contributed by atoms with van der Waals surface area (Å²) in [5.41, 5.74) is 0. The Balaban J connectivity index is 2.96. The number of methoxy groups -OCH3 is 1. The van der Waals surface area contributed by atoms with Gasteiger partial charge in [0.25, 0.3) is 0 Å². The van der Waals surface area contributed by atoms with Crippen molar-refractivity contribution in [2.75, 3.05) is 7.11 Å². The number of pyridine rings is 1. The second-order valence-electron chi connectivity index (χ2n) is 2.41. The van der Waals surface area contributed by atoms with Crippen LogP contribution in [0.3, 0.4) is 0 Å². The molecular weight excluding hydrogens is 222 g/mol. The molecule has 0 amide bonds. The first-order valence-electron chi connectivity index (χ1n) is 3.88. The van der Waals surface area contributed by atoms with Gasteiger partial charge in [0.2, 0.25) is 5.88 Å². The van der Waals surface area contributed by atoms with Gasteiger partial charge in [0.15, 0.2) is 11.5 Å². The van der Waals surface area contributed by atoms with E-state index >= 15 is 0 Å². The zero-order valence-electron chi connectivity index (χ0n) is 8.04. The van der Waals surface area contributed by atoms with Crippen molar-refractivity contribution < 1.29 is 34.0 Å². The Kier molecular flexibility index (Phi) is 3.49. The fourth-order valence-corrected chi connectivity index (χ4v) is 0.882. The molecule has 86 valence electrons. The normalized spacial score (nSPS) is 9.31. The Bertz CT molecular complexity index is 417. The molecule has 0 aliphatic carbocycles. The van der Waals surface area contributed by atoms with Crippen molar-refractivity contribution in [3.8, 4) is 17.4 Å². The first-order chi connectivity index (χ1) is 7.52. The second-order valence-corrected chi connectivity index (χ2v) is 2.41. The van der Waals surface area contributed by atoms with Crippen molar-refractivity contribution in [2.24, 2.45) is 0 Å². The maximum Gasteiger partial charge on any atom is 0.512 e. The van der Waals surface area contributed by atoms with Crippen molar-refractivity contribution in [1.82, 2.24) is 4.98 Å². The quantitative estimate of drug-likeness (QED) is 0.743. The molecule has 0 aliphatic heterocycles. The molecule has 1 aromatic heterocycles. The molecular formula is C8H7NO7. The summed E-state index contributed by atoms with van der Waals surface area (Å²) in [6, 6.07) is 1.09. The Labute approximate surface area is 89.0 Å². The number of hydrogen-bond donors (Lipinski definition) is 2. The summed E-state index contributed by atoms with van der Waals surface area (Å²) in [5.74, 6) is -0.413. The zero-order chi connectivity index (χ0) is 12.1. The van der Waals surface area contributed by atoms with E-state index in [1.165, 1.54) is 7.11 Å². The van der Waals surface area contributed by atoms with Crippen LogP contribution in [0, 0.1) is 0 Å². The lowest BCUT2D eigenvalue weighted by Crippen LogP contribution is -2.07. The lowest BCUT2D eigenvalue weighted by Gasteiger charge is -2.07. The van der Waals surface area contributed by atoms with Gasteiger partial charge >= 0.3 is 12.3 Å². The molecule has 0 aromatic carbocycles. The number of carbonyl (C=O) groups is 2. The van der Waals surface area contributed by atoms with Gasteiger partial charge in [-0.15, -0.1) is 0 Å². The summed E-state index contributed by atoms with van der Waals surface area (Å²) in [6.45, 7) is 0. The van der Waals surface area contributed by atoms with Gasteiger partial charge in [-0.1, -0.05) is 0 Å². The van der Waals surface area contributed by atoms with Gasteiger partial charge in [-0.3, -0.25) is 0 Å². The maximum absolute atomic E-state index is 10.3. The highest BCUT2D eigenvalue weighted by atomic mass is 16.7. The molecule has 0 radical (unpaired) electrons. The standard InChI is InChI=1S/C8H7NO7/c1-14-4-2-6(16-8(12)13)9-3-5(4)15-7(10)11/h2-3H,1H3,(H,10,11)(H,12,13). The number of carboxylic acid groups (broad SMARTS) is 2. The van der Waals surface area contributed by atoms with E-state index in [9.17, 15) is 9.59 Å². The lowest BCUT2D eigenvalue weighted by molar-refractivity contribution is 0.138. The van der Waals surface area contributed by atoms with Crippen molar-refractivity contribution in [3.05, 3.63) is 12.3 Å². The molecule has 0 aliphatic rings. The number of rotatable bonds is 3. The highest BCUT2D eigenvalue weighted by Gasteiger charge is 2.12. The molecule has 1 heterocycles. The smallest absolute Gasteiger partial charge is 0.493 e. The Hall–Kier alpha value is -2.51. The van der Waals surface area contributed by atoms with E-state index < -0.39 is 12.3 Å². The fraction of sp³-hybridized carbons (Fsp3) is 0.125. The SMILES string of the molecule is COc1cc(OC(=O)O)ncc1OC(=O)O. The van der Waals surface area contributed by atoms with Crippen LogP contribution in [0.5, 0.6) is 17.4 Å². The minimum absolute atomic E-state index is 0.00588. The van der Waals surface area contributed by atoms with Crippen molar-refractivity contribution >= 4 is 12.3 Å². The summed E-state index contributed by atoms with van der Waals surface area (Å²) < 4.78 is 13.3. The maximum atomic E-state index is 10.3. The molecule has 0 spiro atoms. The van der Waals surface area contributed by atoms with E-state index in [1.807, 2.05) is 0 Å². The molecule has 0 atom stereocenters. The van der Waals surface area contributed by atoms with Crippen LogP contribution in [0.2, 0.25) is 0 Å². The first-order valence-corrected chi connectivity index (χ1v) is 3.88. The fourth-order valence-electron chi connectivity index (χ4n) is 0.882. The monoisotopic (exact) mass is 229 g/mol. The van der Waals surface area contributed by atoms with Crippen LogP contribution >= 0.6 is 0 Å². The molecule has 0 bridgehead atoms. The predicted molar refractivity (Wildman–Crippen MR) is 48.1 cm³/mol. The number of aromatic nitrogens is 1. The molecule has 0 saturated heterocycles. The van der Waals surface area contributed by atoms with E-state index in [1.54, 1.807) is 0 Å². The topological polar surface area (TPSA) is 115 Å². The van der Waals surface area contributed by atoms with Gasteiger partial charge in [0.05, 0.1) is 13.3 Å². The van der Waals surface area contributed by atoms with Crippen LogP contribution in [0.1, 0.15) is 0 Å². The summed E-state index contributed by atoms with van der Waals surface area (Å²) in [6.07, 6.45) is -2.10. The number of ether oxygens (including phenoxy) is 3. The van der Waals surface area contributed by atoms with E-state index in [2.05, 4.69) is 14.5 Å². The van der Waals surface area contributed by atoms with E-state index in [-0.39, 0.29) is 17.4 Å². The van der Waals surface area contributed by atoms with E-state index in [0.29, 0.717) is 0 Å². The van der Waals surface area contributed by atoms with Crippen LogP contribution in [0.4, 0.5) is 9.59 Å². The average molecular weight is 229 g/mol. The van der Waals surface area contributed by atoms with Gasteiger partial charge in [-0.2, -0.15) is 0 Å². The molecule has 1 rings (SSSR count). The Morgan fingerprint density at radius 2 is 1.81 bits per heavy atom. The third-order valence-corrected chi connectivity index (χ3v) is 1.42. The van der Waals surface area contributed by atoms with Crippen molar-refractivity contribution in [1.29, 1.82) is 0 Å². The zero-order valence-corrected chi connectivity index (χ0v) is 8.04. The van der Waals surface area contributed by atoms with Crippen LogP contribution in [-0.4, -0.2) is 34.6 Å². The van der Waals surface area contributed by atoms with Gasteiger partial charge in [-0.05, 0) is 0 Å². The van der Waals surface area contributed by atoms with E-state index in [0.717, 1.165) is 12.3 Å². The van der Waals surface area contributed by atoms with Gasteiger partial charge in [-0.25, -0.2) is 14.6 Å². The largest absolute Gasteiger partial charge is 0.512 e. The van der Waals surface area contributed by atoms with E-state index in [4.69, 9.17) is 14.9 Å². The molecule has 8 nitrogen and oxygen atoms in total. The van der Waals surface area contributed by atoms with Gasteiger partial charge < -0.3 is 24.4 Å². The van der Waals surface area contributed by atoms with Crippen LogP contribution in [0.25, 0.3) is 0 Å². The number of nitrogens with zero attached hydrogens (tertiary/aromatic N) is 1. The lowest BCUT2D eigenvalue weighted by atomic mass is 10.4. The summed E-state index contributed by atoms with van der Waals surface area (Å²) >= 11 is 0. The van der Waals surface area contributed by atoms with Crippen LogP contribution in [0.15, 0.2) is 12.3 Å². The third-order valence-electron chi connectivity index (χ3n) is 1.42. The van der Waals surface area contributed by atoms with Crippen molar-refractivity contribution in [2.45, 2.75) is 0 Å².